The Hall–Kier alpha value is -3.43. The van der Waals surface area contributed by atoms with Crippen molar-refractivity contribution in [2.24, 2.45) is 17.0 Å². The number of rotatable bonds is 6. The second kappa shape index (κ2) is 10.3. The van der Waals surface area contributed by atoms with Crippen molar-refractivity contribution in [1.82, 2.24) is 15.1 Å². The zero-order valence-corrected chi connectivity index (χ0v) is 20.3. The summed E-state index contributed by atoms with van der Waals surface area (Å²) in [5, 5.41) is 5.87. The standard InChI is InChI=1S/C25H31N7O4/c26-29-27-9-14-30-10-5-16(6-11-30)17-7-12-31(13-8-17)18-1-2-19-20(15-18)25(36)32(24(19)35)21-3-4-22(33)28-23(21)34/h1-2,15-17,21H,3-14H2,(H,28,33,34). The Kier molecular flexibility index (Phi) is 6.93. The van der Waals surface area contributed by atoms with Gasteiger partial charge in [-0.3, -0.25) is 29.4 Å². The molecule has 4 aliphatic rings. The Bertz CT molecular complexity index is 1120. The summed E-state index contributed by atoms with van der Waals surface area (Å²) in [6, 6.07) is 4.42. The van der Waals surface area contributed by atoms with E-state index in [0.29, 0.717) is 29.5 Å². The van der Waals surface area contributed by atoms with Crippen molar-refractivity contribution >= 4 is 29.3 Å². The number of azide groups is 1. The van der Waals surface area contributed by atoms with Crippen LogP contribution < -0.4 is 10.2 Å². The third-order valence-corrected chi connectivity index (χ3v) is 8.21. The van der Waals surface area contributed by atoms with Crippen molar-refractivity contribution in [1.29, 1.82) is 0 Å². The van der Waals surface area contributed by atoms with Gasteiger partial charge in [0.1, 0.15) is 6.04 Å². The number of carbonyl (C=O) groups excluding carboxylic acids is 4. The van der Waals surface area contributed by atoms with E-state index in [1.807, 2.05) is 6.07 Å². The molecular weight excluding hydrogens is 462 g/mol. The molecule has 0 spiro atoms. The van der Waals surface area contributed by atoms with Crippen LogP contribution in [0.5, 0.6) is 0 Å². The fourth-order valence-corrected chi connectivity index (χ4v) is 6.16. The van der Waals surface area contributed by atoms with E-state index in [-0.39, 0.29) is 18.7 Å². The monoisotopic (exact) mass is 493 g/mol. The van der Waals surface area contributed by atoms with Gasteiger partial charge in [-0.15, -0.1) is 0 Å². The van der Waals surface area contributed by atoms with Crippen LogP contribution >= 0.6 is 0 Å². The molecule has 0 aliphatic carbocycles. The number of anilines is 1. The number of hydrogen-bond donors (Lipinski definition) is 1. The maximum Gasteiger partial charge on any atom is 0.262 e. The second-order valence-electron chi connectivity index (χ2n) is 10.1. The van der Waals surface area contributed by atoms with Gasteiger partial charge in [-0.05, 0) is 80.8 Å². The van der Waals surface area contributed by atoms with Crippen molar-refractivity contribution in [2.75, 3.05) is 44.2 Å². The second-order valence-corrected chi connectivity index (χ2v) is 10.1. The maximum absolute atomic E-state index is 13.1. The lowest BCUT2D eigenvalue weighted by Gasteiger charge is -2.41. The molecule has 4 aliphatic heterocycles. The Balaban J connectivity index is 1.18. The van der Waals surface area contributed by atoms with Gasteiger partial charge in [0.25, 0.3) is 11.8 Å². The first kappa shape index (κ1) is 24.3. The molecule has 1 atom stereocenters. The lowest BCUT2D eigenvalue weighted by molar-refractivity contribution is -0.136. The molecule has 11 heteroatoms. The lowest BCUT2D eigenvalue weighted by Crippen LogP contribution is -2.54. The Morgan fingerprint density at radius 1 is 0.917 bits per heavy atom. The normalized spacial score (nSPS) is 24.1. The van der Waals surface area contributed by atoms with Crippen molar-refractivity contribution in [3.8, 4) is 0 Å². The average Bonchev–Trinajstić information content (AvgIpc) is 3.14. The van der Waals surface area contributed by atoms with Gasteiger partial charge in [0.2, 0.25) is 11.8 Å². The van der Waals surface area contributed by atoms with Crippen molar-refractivity contribution in [3.63, 3.8) is 0 Å². The molecule has 4 heterocycles. The Labute approximate surface area is 209 Å². The summed E-state index contributed by atoms with van der Waals surface area (Å²) in [5.74, 6) is -0.515. The van der Waals surface area contributed by atoms with Crippen LogP contribution in [0.3, 0.4) is 0 Å². The Morgan fingerprint density at radius 3 is 2.25 bits per heavy atom. The van der Waals surface area contributed by atoms with Gasteiger partial charge in [0.15, 0.2) is 0 Å². The summed E-state index contributed by atoms with van der Waals surface area (Å²) in [6.07, 6.45) is 4.80. The first-order valence-corrected chi connectivity index (χ1v) is 12.8. The van der Waals surface area contributed by atoms with Gasteiger partial charge in [0, 0.05) is 43.2 Å². The number of benzene rings is 1. The van der Waals surface area contributed by atoms with Gasteiger partial charge in [-0.25, -0.2) is 0 Å². The zero-order chi connectivity index (χ0) is 25.2. The summed E-state index contributed by atoms with van der Waals surface area (Å²) in [6.45, 7) is 5.27. The van der Waals surface area contributed by atoms with E-state index in [1.54, 1.807) is 12.1 Å². The number of amides is 4. The number of fused-ring (bicyclic) bond motifs is 1. The number of carbonyl (C=O) groups is 4. The van der Waals surface area contributed by atoms with Crippen LogP contribution in [0.25, 0.3) is 10.4 Å². The van der Waals surface area contributed by atoms with Gasteiger partial charge in [-0.2, -0.15) is 0 Å². The van der Waals surface area contributed by atoms with E-state index < -0.39 is 23.8 Å². The van der Waals surface area contributed by atoms with Gasteiger partial charge >= 0.3 is 0 Å². The number of likely N-dealkylation sites (tertiary alicyclic amines) is 1. The number of imide groups is 2. The highest BCUT2D eigenvalue weighted by molar-refractivity contribution is 6.23. The molecule has 0 aromatic heterocycles. The molecule has 4 amide bonds. The van der Waals surface area contributed by atoms with Crippen LogP contribution in [0.4, 0.5) is 5.69 Å². The molecule has 0 radical (unpaired) electrons. The minimum Gasteiger partial charge on any atom is -0.371 e. The van der Waals surface area contributed by atoms with E-state index in [2.05, 4.69) is 25.1 Å². The van der Waals surface area contributed by atoms with Gasteiger partial charge < -0.3 is 9.80 Å². The highest BCUT2D eigenvalue weighted by Crippen LogP contribution is 2.36. The predicted molar refractivity (Wildman–Crippen MR) is 131 cm³/mol. The third-order valence-electron chi connectivity index (χ3n) is 8.21. The molecule has 0 bridgehead atoms. The predicted octanol–water partition coefficient (Wildman–Crippen LogP) is 2.33. The fourth-order valence-electron chi connectivity index (χ4n) is 6.16. The SMILES string of the molecule is [N-]=[N+]=NCCN1CCC(C2CCN(c3ccc4c(c3)C(=O)N(C3CCC(=O)NC3=O)C4=O)CC2)CC1. The van der Waals surface area contributed by atoms with E-state index in [9.17, 15) is 19.2 Å². The van der Waals surface area contributed by atoms with Crippen LogP contribution in [0.2, 0.25) is 0 Å². The quantitative estimate of drug-likeness (QED) is 0.279. The van der Waals surface area contributed by atoms with Crippen LogP contribution in [0, 0.1) is 11.8 Å². The molecular formula is C25H31N7O4. The zero-order valence-electron chi connectivity index (χ0n) is 20.3. The van der Waals surface area contributed by atoms with Crippen molar-refractivity contribution < 1.29 is 19.2 Å². The minimum atomic E-state index is -0.945. The third kappa shape index (κ3) is 4.68. The molecule has 11 nitrogen and oxygen atoms in total. The van der Waals surface area contributed by atoms with Crippen LogP contribution in [-0.2, 0) is 9.59 Å². The summed E-state index contributed by atoms with van der Waals surface area (Å²) >= 11 is 0. The van der Waals surface area contributed by atoms with E-state index >= 15 is 0 Å². The fraction of sp³-hybridized carbons (Fsp3) is 0.600. The van der Waals surface area contributed by atoms with E-state index in [1.165, 1.54) is 12.8 Å². The van der Waals surface area contributed by atoms with Crippen LogP contribution in [-0.4, -0.2) is 78.7 Å². The molecule has 190 valence electrons. The molecule has 3 saturated heterocycles. The summed E-state index contributed by atoms with van der Waals surface area (Å²) in [5.41, 5.74) is 10.0. The number of hydrogen-bond acceptors (Lipinski definition) is 7. The summed E-state index contributed by atoms with van der Waals surface area (Å²) < 4.78 is 0. The largest absolute Gasteiger partial charge is 0.371 e. The molecule has 1 aromatic rings. The smallest absolute Gasteiger partial charge is 0.262 e. The highest BCUT2D eigenvalue weighted by atomic mass is 16.2. The summed E-state index contributed by atoms with van der Waals surface area (Å²) in [4.78, 5) is 58.3. The topological polar surface area (TPSA) is 139 Å². The molecule has 36 heavy (non-hydrogen) atoms. The summed E-state index contributed by atoms with van der Waals surface area (Å²) in [7, 11) is 0. The lowest BCUT2D eigenvalue weighted by atomic mass is 9.78. The molecule has 5 rings (SSSR count). The molecule has 1 N–H and O–H groups in total. The van der Waals surface area contributed by atoms with Crippen molar-refractivity contribution in [3.05, 3.63) is 39.8 Å². The molecule has 0 saturated carbocycles. The van der Waals surface area contributed by atoms with Gasteiger partial charge in [-0.1, -0.05) is 5.11 Å². The minimum absolute atomic E-state index is 0.110. The van der Waals surface area contributed by atoms with Crippen LogP contribution in [0.15, 0.2) is 23.3 Å². The van der Waals surface area contributed by atoms with Crippen LogP contribution in [0.1, 0.15) is 59.2 Å². The van der Waals surface area contributed by atoms with E-state index in [0.717, 1.165) is 56.2 Å². The maximum atomic E-state index is 13.1. The number of nitrogens with zero attached hydrogens (tertiary/aromatic N) is 6. The number of nitrogens with one attached hydrogen (secondary N) is 1. The molecule has 1 aromatic carbocycles. The Morgan fingerprint density at radius 2 is 1.58 bits per heavy atom. The van der Waals surface area contributed by atoms with Crippen molar-refractivity contribution in [2.45, 2.75) is 44.6 Å². The molecule has 3 fully saturated rings. The first-order valence-electron chi connectivity index (χ1n) is 12.8. The van der Waals surface area contributed by atoms with Gasteiger partial charge in [0.05, 0.1) is 11.1 Å². The molecule has 1 unspecified atom stereocenters. The number of piperidine rings is 3. The van der Waals surface area contributed by atoms with E-state index in [4.69, 9.17) is 5.53 Å². The average molecular weight is 494 g/mol. The highest BCUT2D eigenvalue weighted by Gasteiger charge is 2.44. The first-order chi connectivity index (χ1) is 17.5.